The van der Waals surface area contributed by atoms with Crippen molar-refractivity contribution in [2.24, 2.45) is 5.92 Å². The fourth-order valence-electron chi connectivity index (χ4n) is 2.59. The van der Waals surface area contributed by atoms with E-state index in [1.807, 2.05) is 0 Å². The molecule has 1 heterocycles. The minimum atomic E-state index is 0.468. The fraction of sp³-hybridized carbons (Fsp3) is 1.00. The molecule has 1 aliphatic rings. The van der Waals surface area contributed by atoms with Crippen LogP contribution in [-0.4, -0.2) is 23.5 Å². The molecule has 1 fully saturated rings. The smallest absolute Gasteiger partial charge is 0.0153 e. The first-order chi connectivity index (χ1) is 7.02. The second-order valence-electron chi connectivity index (χ2n) is 6.15. The SMILES string of the molecule is CC(C)CCCCN1CCCCC1(C)C. The van der Waals surface area contributed by atoms with Crippen LogP contribution in [0.4, 0.5) is 0 Å². The van der Waals surface area contributed by atoms with E-state index in [1.165, 1.54) is 51.6 Å². The molecule has 1 heteroatoms. The Bertz CT molecular complexity index is 172. The van der Waals surface area contributed by atoms with Gasteiger partial charge in [0.1, 0.15) is 0 Å². The van der Waals surface area contributed by atoms with E-state index in [9.17, 15) is 0 Å². The number of nitrogens with zero attached hydrogens (tertiary/aromatic N) is 1. The van der Waals surface area contributed by atoms with E-state index in [-0.39, 0.29) is 0 Å². The summed E-state index contributed by atoms with van der Waals surface area (Å²) in [5.41, 5.74) is 0.468. The average Bonchev–Trinajstić information content (AvgIpc) is 2.13. The van der Waals surface area contributed by atoms with E-state index >= 15 is 0 Å². The Kier molecular flexibility index (Phi) is 5.11. The van der Waals surface area contributed by atoms with E-state index in [0.717, 1.165) is 5.92 Å². The lowest BCUT2D eigenvalue weighted by Crippen LogP contribution is -2.47. The molecule has 15 heavy (non-hydrogen) atoms. The first-order valence-corrected chi connectivity index (χ1v) is 6.77. The van der Waals surface area contributed by atoms with E-state index < -0.39 is 0 Å². The van der Waals surface area contributed by atoms with Gasteiger partial charge in [0, 0.05) is 5.54 Å². The molecule has 0 radical (unpaired) electrons. The summed E-state index contributed by atoms with van der Waals surface area (Å²) >= 11 is 0. The molecule has 0 amide bonds. The van der Waals surface area contributed by atoms with Gasteiger partial charge in [-0.3, -0.25) is 4.90 Å². The quantitative estimate of drug-likeness (QED) is 0.619. The van der Waals surface area contributed by atoms with Gasteiger partial charge in [-0.2, -0.15) is 0 Å². The molecule has 90 valence electrons. The van der Waals surface area contributed by atoms with Crippen LogP contribution < -0.4 is 0 Å². The molecule has 0 spiro atoms. The molecule has 1 aliphatic heterocycles. The largest absolute Gasteiger partial charge is 0.298 e. The summed E-state index contributed by atoms with van der Waals surface area (Å²) in [5.74, 6) is 0.874. The van der Waals surface area contributed by atoms with Crippen LogP contribution in [-0.2, 0) is 0 Å². The third kappa shape index (κ3) is 4.55. The predicted octanol–water partition coefficient (Wildman–Crippen LogP) is 4.08. The fourth-order valence-corrected chi connectivity index (χ4v) is 2.59. The maximum atomic E-state index is 2.71. The van der Waals surface area contributed by atoms with Gasteiger partial charge in [0.15, 0.2) is 0 Å². The molecule has 0 saturated carbocycles. The zero-order valence-corrected chi connectivity index (χ0v) is 11.2. The van der Waals surface area contributed by atoms with Crippen molar-refractivity contribution >= 4 is 0 Å². The Hall–Kier alpha value is -0.0400. The summed E-state index contributed by atoms with van der Waals surface area (Å²) in [6.07, 6.45) is 8.42. The summed E-state index contributed by atoms with van der Waals surface area (Å²) in [5, 5.41) is 0. The van der Waals surface area contributed by atoms with Crippen molar-refractivity contribution in [1.29, 1.82) is 0 Å². The molecule has 0 N–H and O–H groups in total. The highest BCUT2D eigenvalue weighted by molar-refractivity contribution is 4.85. The first kappa shape index (κ1) is 13.0. The number of unbranched alkanes of at least 4 members (excludes halogenated alkanes) is 1. The molecule has 0 aromatic rings. The second-order valence-corrected chi connectivity index (χ2v) is 6.15. The summed E-state index contributed by atoms with van der Waals surface area (Å²) in [6, 6.07) is 0. The predicted molar refractivity (Wildman–Crippen MR) is 68.2 cm³/mol. The third-order valence-corrected chi connectivity index (χ3v) is 3.78. The van der Waals surface area contributed by atoms with Crippen LogP contribution in [0, 0.1) is 5.92 Å². The van der Waals surface area contributed by atoms with Crippen LogP contribution in [0.2, 0.25) is 0 Å². The second kappa shape index (κ2) is 5.89. The molecule has 0 aromatic heterocycles. The molecule has 0 aliphatic carbocycles. The van der Waals surface area contributed by atoms with Gasteiger partial charge < -0.3 is 0 Å². The van der Waals surface area contributed by atoms with Crippen molar-refractivity contribution < 1.29 is 0 Å². The molecule has 1 rings (SSSR count). The van der Waals surface area contributed by atoms with Crippen molar-refractivity contribution in [1.82, 2.24) is 4.90 Å². The number of rotatable bonds is 5. The average molecular weight is 211 g/mol. The Labute approximate surface area is 96.2 Å². The standard InChI is InChI=1S/C14H29N/c1-13(2)9-5-7-11-15-12-8-6-10-14(15,3)4/h13H,5-12H2,1-4H3. The minimum Gasteiger partial charge on any atom is -0.298 e. The van der Waals surface area contributed by atoms with Gasteiger partial charge in [-0.25, -0.2) is 0 Å². The zero-order valence-electron chi connectivity index (χ0n) is 11.2. The molecule has 0 unspecified atom stereocenters. The topological polar surface area (TPSA) is 3.24 Å². The molecular weight excluding hydrogens is 182 g/mol. The van der Waals surface area contributed by atoms with Gasteiger partial charge in [-0.1, -0.05) is 33.1 Å². The van der Waals surface area contributed by atoms with E-state index in [4.69, 9.17) is 0 Å². The first-order valence-electron chi connectivity index (χ1n) is 6.77. The number of piperidine rings is 1. The number of hydrogen-bond acceptors (Lipinski definition) is 1. The van der Waals surface area contributed by atoms with E-state index in [0.29, 0.717) is 5.54 Å². The van der Waals surface area contributed by atoms with Crippen LogP contribution in [0.1, 0.15) is 66.2 Å². The lowest BCUT2D eigenvalue weighted by Gasteiger charge is -2.42. The van der Waals surface area contributed by atoms with Crippen LogP contribution >= 0.6 is 0 Å². The Morgan fingerprint density at radius 1 is 1.13 bits per heavy atom. The lowest BCUT2D eigenvalue weighted by atomic mass is 9.90. The van der Waals surface area contributed by atoms with Gasteiger partial charge in [0.25, 0.3) is 0 Å². The Balaban J connectivity index is 2.19. The summed E-state index contributed by atoms with van der Waals surface area (Å²) in [6.45, 7) is 12.1. The summed E-state index contributed by atoms with van der Waals surface area (Å²) < 4.78 is 0. The van der Waals surface area contributed by atoms with Crippen molar-refractivity contribution in [3.8, 4) is 0 Å². The van der Waals surface area contributed by atoms with Crippen molar-refractivity contribution in [2.75, 3.05) is 13.1 Å². The van der Waals surface area contributed by atoms with Crippen LogP contribution in [0.15, 0.2) is 0 Å². The van der Waals surface area contributed by atoms with Crippen molar-refractivity contribution in [3.63, 3.8) is 0 Å². The number of likely N-dealkylation sites (tertiary alicyclic amines) is 1. The number of hydrogen-bond donors (Lipinski definition) is 0. The third-order valence-electron chi connectivity index (χ3n) is 3.78. The van der Waals surface area contributed by atoms with Crippen LogP contribution in [0.5, 0.6) is 0 Å². The minimum absolute atomic E-state index is 0.468. The maximum Gasteiger partial charge on any atom is 0.0153 e. The highest BCUT2D eigenvalue weighted by Gasteiger charge is 2.28. The van der Waals surface area contributed by atoms with Crippen molar-refractivity contribution in [3.05, 3.63) is 0 Å². The van der Waals surface area contributed by atoms with Crippen molar-refractivity contribution in [2.45, 2.75) is 71.8 Å². The molecular formula is C14H29N. The lowest BCUT2D eigenvalue weighted by molar-refractivity contribution is 0.0749. The van der Waals surface area contributed by atoms with Crippen LogP contribution in [0.3, 0.4) is 0 Å². The van der Waals surface area contributed by atoms with Gasteiger partial charge in [-0.15, -0.1) is 0 Å². The highest BCUT2D eigenvalue weighted by atomic mass is 15.2. The van der Waals surface area contributed by atoms with E-state index in [2.05, 4.69) is 32.6 Å². The summed E-state index contributed by atoms with van der Waals surface area (Å²) in [4.78, 5) is 2.71. The molecule has 1 saturated heterocycles. The van der Waals surface area contributed by atoms with Gasteiger partial charge in [0.2, 0.25) is 0 Å². The Morgan fingerprint density at radius 2 is 1.87 bits per heavy atom. The monoisotopic (exact) mass is 211 g/mol. The summed E-state index contributed by atoms with van der Waals surface area (Å²) in [7, 11) is 0. The Morgan fingerprint density at radius 3 is 2.47 bits per heavy atom. The maximum absolute atomic E-state index is 2.71. The van der Waals surface area contributed by atoms with Crippen LogP contribution in [0.25, 0.3) is 0 Å². The van der Waals surface area contributed by atoms with Gasteiger partial charge >= 0.3 is 0 Å². The van der Waals surface area contributed by atoms with E-state index in [1.54, 1.807) is 0 Å². The molecule has 1 nitrogen and oxygen atoms in total. The van der Waals surface area contributed by atoms with Gasteiger partial charge in [0.05, 0.1) is 0 Å². The normalized spacial score (nSPS) is 22.2. The highest BCUT2D eigenvalue weighted by Crippen LogP contribution is 2.27. The molecule has 0 bridgehead atoms. The van der Waals surface area contributed by atoms with Gasteiger partial charge in [-0.05, 0) is 52.1 Å². The zero-order chi connectivity index (χ0) is 11.3. The molecule has 0 atom stereocenters. The molecule has 0 aromatic carbocycles.